The van der Waals surface area contributed by atoms with E-state index >= 15 is 0 Å². The van der Waals surface area contributed by atoms with Crippen molar-refractivity contribution in [2.45, 2.75) is 18.8 Å². The number of piperidine rings is 1. The highest BCUT2D eigenvalue weighted by Gasteiger charge is 2.34. The van der Waals surface area contributed by atoms with E-state index in [2.05, 4.69) is 9.97 Å². The van der Waals surface area contributed by atoms with Crippen LogP contribution >= 0.6 is 0 Å². The molecule has 1 fully saturated rings. The summed E-state index contributed by atoms with van der Waals surface area (Å²) in [7, 11) is 0. The van der Waals surface area contributed by atoms with Crippen LogP contribution in [0.1, 0.15) is 12.8 Å². The van der Waals surface area contributed by atoms with Crippen molar-refractivity contribution in [1.82, 2.24) is 9.97 Å². The largest absolute Gasteiger partial charge is 0.396 e. The van der Waals surface area contributed by atoms with Gasteiger partial charge in [-0.1, -0.05) is 0 Å². The summed E-state index contributed by atoms with van der Waals surface area (Å²) >= 11 is 0. The fourth-order valence-corrected chi connectivity index (χ4v) is 1.53. The van der Waals surface area contributed by atoms with E-state index < -0.39 is 5.92 Å². The molecule has 1 saturated heterocycles. The lowest BCUT2D eigenvalue weighted by atomic mass is 10.1. The van der Waals surface area contributed by atoms with Gasteiger partial charge in [-0.05, 0) is 0 Å². The Balaban J connectivity index is 2.04. The SMILES string of the molecule is Nc1cnc(N2CCC(F)(F)CC2)nc1. The Morgan fingerprint density at radius 3 is 2.27 bits per heavy atom. The lowest BCUT2D eigenvalue weighted by Gasteiger charge is -2.31. The molecule has 0 aromatic carbocycles. The van der Waals surface area contributed by atoms with Gasteiger partial charge in [0, 0.05) is 25.9 Å². The summed E-state index contributed by atoms with van der Waals surface area (Å²) < 4.78 is 25.7. The van der Waals surface area contributed by atoms with Crippen LogP contribution in [0, 0.1) is 0 Å². The highest BCUT2D eigenvalue weighted by atomic mass is 19.3. The van der Waals surface area contributed by atoms with E-state index in [4.69, 9.17) is 5.73 Å². The Kier molecular flexibility index (Phi) is 2.42. The Morgan fingerprint density at radius 2 is 1.73 bits per heavy atom. The molecule has 2 heterocycles. The summed E-state index contributed by atoms with van der Waals surface area (Å²) in [6, 6.07) is 0. The molecule has 0 saturated carbocycles. The van der Waals surface area contributed by atoms with E-state index in [1.54, 1.807) is 4.90 Å². The van der Waals surface area contributed by atoms with Crippen LogP contribution in [0.2, 0.25) is 0 Å². The minimum Gasteiger partial charge on any atom is -0.396 e. The van der Waals surface area contributed by atoms with Crippen molar-refractivity contribution < 1.29 is 8.78 Å². The number of nitrogens with two attached hydrogens (primary N) is 1. The molecular formula is C9H12F2N4. The maximum Gasteiger partial charge on any atom is 0.251 e. The second-order valence-corrected chi connectivity index (χ2v) is 3.66. The van der Waals surface area contributed by atoms with Gasteiger partial charge in [0.25, 0.3) is 5.92 Å². The molecule has 82 valence electrons. The Hall–Kier alpha value is -1.46. The third-order valence-electron chi connectivity index (χ3n) is 2.44. The molecule has 0 aliphatic carbocycles. The van der Waals surface area contributed by atoms with E-state index in [1.807, 2.05) is 0 Å². The van der Waals surface area contributed by atoms with E-state index in [0.29, 0.717) is 11.6 Å². The molecule has 0 atom stereocenters. The number of alkyl halides is 2. The number of rotatable bonds is 1. The maximum atomic E-state index is 12.9. The molecular weight excluding hydrogens is 202 g/mol. The third kappa shape index (κ3) is 2.31. The molecule has 1 aromatic rings. The molecule has 0 bridgehead atoms. The first-order chi connectivity index (χ1) is 7.07. The highest BCUT2D eigenvalue weighted by Crippen LogP contribution is 2.28. The van der Waals surface area contributed by atoms with Gasteiger partial charge >= 0.3 is 0 Å². The molecule has 1 aliphatic rings. The van der Waals surface area contributed by atoms with Gasteiger partial charge in [-0.15, -0.1) is 0 Å². The Morgan fingerprint density at radius 1 is 1.20 bits per heavy atom. The minimum absolute atomic E-state index is 0.138. The van der Waals surface area contributed by atoms with Crippen molar-refractivity contribution in [1.29, 1.82) is 0 Å². The lowest BCUT2D eigenvalue weighted by molar-refractivity contribution is -0.0222. The van der Waals surface area contributed by atoms with Crippen LogP contribution in [0.3, 0.4) is 0 Å². The second-order valence-electron chi connectivity index (χ2n) is 3.66. The molecule has 0 unspecified atom stereocenters. The van der Waals surface area contributed by atoms with E-state index in [9.17, 15) is 8.78 Å². The quantitative estimate of drug-likeness (QED) is 0.765. The summed E-state index contributed by atoms with van der Waals surface area (Å²) in [4.78, 5) is 9.74. The first kappa shape index (κ1) is 10.1. The van der Waals surface area contributed by atoms with E-state index in [0.717, 1.165) is 0 Å². The van der Waals surface area contributed by atoms with Crippen molar-refractivity contribution in [3.63, 3.8) is 0 Å². The molecule has 2 rings (SSSR count). The molecule has 2 N–H and O–H groups in total. The fourth-order valence-electron chi connectivity index (χ4n) is 1.53. The van der Waals surface area contributed by atoms with Crippen LogP contribution < -0.4 is 10.6 Å². The van der Waals surface area contributed by atoms with Crippen molar-refractivity contribution in [2.75, 3.05) is 23.7 Å². The van der Waals surface area contributed by atoms with Crippen LogP contribution in [0.5, 0.6) is 0 Å². The molecule has 6 heteroatoms. The second kappa shape index (κ2) is 3.60. The topological polar surface area (TPSA) is 55.0 Å². The first-order valence-corrected chi connectivity index (χ1v) is 4.77. The van der Waals surface area contributed by atoms with Gasteiger partial charge < -0.3 is 10.6 Å². The Bertz CT molecular complexity index is 328. The average molecular weight is 214 g/mol. The number of halogens is 2. The van der Waals surface area contributed by atoms with Crippen molar-refractivity contribution in [3.05, 3.63) is 12.4 Å². The van der Waals surface area contributed by atoms with Crippen LogP contribution in [0.4, 0.5) is 20.4 Å². The van der Waals surface area contributed by atoms with Crippen molar-refractivity contribution >= 4 is 11.6 Å². The lowest BCUT2D eigenvalue weighted by Crippen LogP contribution is -2.40. The summed E-state index contributed by atoms with van der Waals surface area (Å²) in [5, 5.41) is 0. The van der Waals surface area contributed by atoms with Gasteiger partial charge in [0.15, 0.2) is 0 Å². The average Bonchev–Trinajstić information content (AvgIpc) is 2.20. The molecule has 4 nitrogen and oxygen atoms in total. The molecule has 0 amide bonds. The summed E-state index contributed by atoms with van der Waals surface area (Å²) in [5.74, 6) is -2.07. The van der Waals surface area contributed by atoms with Crippen LogP contribution in [-0.2, 0) is 0 Å². The number of anilines is 2. The predicted molar refractivity (Wildman–Crippen MR) is 52.8 cm³/mol. The van der Waals surface area contributed by atoms with Gasteiger partial charge in [0.05, 0.1) is 18.1 Å². The van der Waals surface area contributed by atoms with Crippen LogP contribution in [-0.4, -0.2) is 29.0 Å². The number of hydrogen-bond acceptors (Lipinski definition) is 4. The van der Waals surface area contributed by atoms with Gasteiger partial charge in [0.1, 0.15) is 0 Å². The fraction of sp³-hybridized carbons (Fsp3) is 0.556. The number of hydrogen-bond donors (Lipinski definition) is 1. The number of aromatic nitrogens is 2. The zero-order valence-corrected chi connectivity index (χ0v) is 8.16. The Labute approximate surface area is 86.1 Å². The normalized spacial score (nSPS) is 20.3. The van der Waals surface area contributed by atoms with Crippen molar-refractivity contribution in [2.24, 2.45) is 0 Å². The van der Waals surface area contributed by atoms with Crippen molar-refractivity contribution in [3.8, 4) is 0 Å². The van der Waals surface area contributed by atoms with Gasteiger partial charge in [-0.2, -0.15) is 0 Å². The van der Waals surface area contributed by atoms with E-state index in [-0.39, 0.29) is 25.9 Å². The molecule has 1 aromatic heterocycles. The van der Waals surface area contributed by atoms with Crippen LogP contribution in [0.25, 0.3) is 0 Å². The maximum absolute atomic E-state index is 12.9. The zero-order valence-electron chi connectivity index (χ0n) is 8.16. The third-order valence-corrected chi connectivity index (χ3v) is 2.44. The zero-order chi connectivity index (χ0) is 10.9. The minimum atomic E-state index is -2.54. The summed E-state index contributed by atoms with van der Waals surface area (Å²) in [6.45, 7) is 0.577. The predicted octanol–water partition coefficient (Wildman–Crippen LogP) is 1.29. The molecule has 1 aliphatic heterocycles. The van der Waals surface area contributed by atoms with Gasteiger partial charge in [0.2, 0.25) is 5.95 Å². The van der Waals surface area contributed by atoms with E-state index in [1.165, 1.54) is 12.4 Å². The van der Waals surface area contributed by atoms with Gasteiger partial charge in [-0.3, -0.25) is 0 Å². The smallest absolute Gasteiger partial charge is 0.251 e. The highest BCUT2D eigenvalue weighted by molar-refractivity contribution is 5.38. The molecule has 0 spiro atoms. The standard InChI is InChI=1S/C9H12F2N4/c10-9(11)1-3-15(4-2-9)8-13-5-7(12)6-14-8/h5-6H,1-4,12H2. The summed E-state index contributed by atoms with van der Waals surface area (Å²) in [6.07, 6.45) is 2.69. The first-order valence-electron chi connectivity index (χ1n) is 4.77. The molecule has 15 heavy (non-hydrogen) atoms. The van der Waals surface area contributed by atoms with Gasteiger partial charge in [-0.25, -0.2) is 18.7 Å². The number of nitrogens with zero attached hydrogens (tertiary/aromatic N) is 3. The summed E-state index contributed by atoms with van der Waals surface area (Å²) in [5.41, 5.74) is 5.91. The van der Waals surface area contributed by atoms with Crippen LogP contribution in [0.15, 0.2) is 12.4 Å². The molecule has 0 radical (unpaired) electrons. The number of nitrogen functional groups attached to an aromatic ring is 1. The monoisotopic (exact) mass is 214 g/mol.